The zero-order valence-electron chi connectivity index (χ0n) is 11.6. The van der Waals surface area contributed by atoms with Gasteiger partial charge in [0.25, 0.3) is 0 Å². The van der Waals surface area contributed by atoms with Gasteiger partial charge in [0.1, 0.15) is 0 Å². The van der Waals surface area contributed by atoms with Gasteiger partial charge in [0, 0.05) is 24.8 Å². The predicted octanol–water partition coefficient (Wildman–Crippen LogP) is 1.87. The molecule has 0 aliphatic carbocycles. The van der Waals surface area contributed by atoms with Crippen molar-refractivity contribution in [1.82, 2.24) is 9.55 Å². The van der Waals surface area contributed by atoms with E-state index in [0.29, 0.717) is 0 Å². The fourth-order valence-corrected chi connectivity index (χ4v) is 2.14. The fraction of sp³-hybridized carbons (Fsp3) is 0.692. The zero-order valence-corrected chi connectivity index (χ0v) is 11.6. The summed E-state index contributed by atoms with van der Waals surface area (Å²) in [5, 5.41) is 0. The molecule has 0 amide bonds. The SMILES string of the molecule is CCc1cn2c(n1)N(C(C)(C)C)CCC2.O=C=O. The van der Waals surface area contributed by atoms with Gasteiger partial charge in [-0.3, -0.25) is 0 Å². The highest BCUT2D eigenvalue weighted by Crippen LogP contribution is 2.27. The van der Waals surface area contributed by atoms with Crippen molar-refractivity contribution in [3.8, 4) is 0 Å². The van der Waals surface area contributed by atoms with Crippen LogP contribution in [-0.2, 0) is 22.6 Å². The molecular weight excluding hydrogens is 230 g/mol. The Hall–Kier alpha value is -1.61. The molecule has 0 saturated heterocycles. The van der Waals surface area contributed by atoms with Crippen LogP contribution in [0.2, 0.25) is 0 Å². The summed E-state index contributed by atoms with van der Waals surface area (Å²) >= 11 is 0. The van der Waals surface area contributed by atoms with E-state index < -0.39 is 0 Å². The van der Waals surface area contributed by atoms with Crippen molar-refractivity contribution in [3.05, 3.63) is 11.9 Å². The molecule has 18 heavy (non-hydrogen) atoms. The molecule has 5 nitrogen and oxygen atoms in total. The Morgan fingerprint density at radius 3 is 2.44 bits per heavy atom. The van der Waals surface area contributed by atoms with Crippen LogP contribution in [0.25, 0.3) is 0 Å². The van der Waals surface area contributed by atoms with Crippen molar-refractivity contribution in [3.63, 3.8) is 0 Å². The third kappa shape index (κ3) is 3.20. The first kappa shape index (κ1) is 14.5. The highest BCUT2D eigenvalue weighted by molar-refractivity contribution is 5.38. The standard InChI is InChI=1S/C12H21N3.CO2/c1-5-10-9-14-7-6-8-15(11(14)13-10)12(2,3)4;2-1-3/h9H,5-8H2,1-4H3;. The zero-order chi connectivity index (χ0) is 13.8. The van der Waals surface area contributed by atoms with Gasteiger partial charge in [-0.15, -0.1) is 0 Å². The molecule has 0 N–H and O–H groups in total. The minimum Gasteiger partial charge on any atom is -0.337 e. The van der Waals surface area contributed by atoms with E-state index in [9.17, 15) is 0 Å². The number of carbonyl (C=O) groups excluding carboxylic acids is 2. The van der Waals surface area contributed by atoms with Gasteiger partial charge in [0.05, 0.1) is 5.69 Å². The van der Waals surface area contributed by atoms with Crippen molar-refractivity contribution < 1.29 is 9.59 Å². The summed E-state index contributed by atoms with van der Waals surface area (Å²) in [6.07, 6.45) is 4.70. The van der Waals surface area contributed by atoms with Gasteiger partial charge in [-0.1, -0.05) is 6.92 Å². The predicted molar refractivity (Wildman–Crippen MR) is 68.3 cm³/mol. The van der Waals surface area contributed by atoms with E-state index in [1.807, 2.05) is 0 Å². The lowest BCUT2D eigenvalue weighted by atomic mass is 10.1. The lowest BCUT2D eigenvalue weighted by Gasteiger charge is -2.39. The number of nitrogens with zero attached hydrogens (tertiary/aromatic N) is 3. The van der Waals surface area contributed by atoms with Crippen LogP contribution < -0.4 is 4.90 Å². The second kappa shape index (κ2) is 5.83. The quantitative estimate of drug-likeness (QED) is 0.764. The van der Waals surface area contributed by atoms with E-state index in [1.165, 1.54) is 12.1 Å². The number of anilines is 1. The van der Waals surface area contributed by atoms with Crippen LogP contribution in [0.5, 0.6) is 0 Å². The van der Waals surface area contributed by atoms with Crippen LogP contribution in [0.3, 0.4) is 0 Å². The van der Waals surface area contributed by atoms with Gasteiger partial charge in [0.2, 0.25) is 5.95 Å². The number of rotatable bonds is 1. The Kier molecular flexibility index (Phi) is 4.68. The largest absolute Gasteiger partial charge is 0.373 e. The van der Waals surface area contributed by atoms with Crippen molar-refractivity contribution in [2.45, 2.75) is 52.6 Å². The van der Waals surface area contributed by atoms with Crippen LogP contribution in [0.4, 0.5) is 5.95 Å². The molecule has 0 atom stereocenters. The molecule has 2 rings (SSSR count). The maximum absolute atomic E-state index is 8.12. The van der Waals surface area contributed by atoms with Crippen LogP contribution in [0.1, 0.15) is 39.8 Å². The smallest absolute Gasteiger partial charge is 0.337 e. The second-order valence-corrected chi connectivity index (χ2v) is 5.34. The maximum Gasteiger partial charge on any atom is 0.373 e. The molecule has 1 aromatic heterocycles. The molecule has 0 bridgehead atoms. The Labute approximate surface area is 108 Å². The van der Waals surface area contributed by atoms with Crippen molar-refractivity contribution in [1.29, 1.82) is 0 Å². The molecule has 0 radical (unpaired) electrons. The summed E-state index contributed by atoms with van der Waals surface area (Å²) < 4.78 is 2.30. The molecule has 100 valence electrons. The number of fused-ring (bicyclic) bond motifs is 1. The summed E-state index contributed by atoms with van der Waals surface area (Å²) in [4.78, 5) is 23.4. The fourth-order valence-electron chi connectivity index (χ4n) is 2.14. The Bertz CT molecular complexity index is 426. The summed E-state index contributed by atoms with van der Waals surface area (Å²) in [6, 6.07) is 0. The maximum atomic E-state index is 8.12. The molecule has 5 heteroatoms. The number of hydrogen-bond acceptors (Lipinski definition) is 4. The Morgan fingerprint density at radius 1 is 1.33 bits per heavy atom. The highest BCUT2D eigenvalue weighted by atomic mass is 16.2. The molecule has 1 aromatic rings. The van der Waals surface area contributed by atoms with Gasteiger partial charge in [0.15, 0.2) is 0 Å². The van der Waals surface area contributed by atoms with E-state index in [2.05, 4.69) is 43.4 Å². The van der Waals surface area contributed by atoms with E-state index in [0.717, 1.165) is 25.5 Å². The Morgan fingerprint density at radius 2 is 1.94 bits per heavy atom. The topological polar surface area (TPSA) is 55.2 Å². The summed E-state index contributed by atoms with van der Waals surface area (Å²) in [5.74, 6) is 1.16. The number of imidazole rings is 1. The second-order valence-electron chi connectivity index (χ2n) is 5.34. The highest BCUT2D eigenvalue weighted by Gasteiger charge is 2.28. The summed E-state index contributed by atoms with van der Waals surface area (Å²) in [6.45, 7) is 11.2. The van der Waals surface area contributed by atoms with Crippen LogP contribution in [-0.4, -0.2) is 27.8 Å². The van der Waals surface area contributed by atoms with E-state index in [1.54, 1.807) is 0 Å². The first-order chi connectivity index (χ1) is 8.43. The third-order valence-electron chi connectivity index (χ3n) is 3.00. The molecular formula is C13H21N3O2. The van der Waals surface area contributed by atoms with E-state index in [4.69, 9.17) is 14.6 Å². The van der Waals surface area contributed by atoms with Gasteiger partial charge >= 0.3 is 6.15 Å². The van der Waals surface area contributed by atoms with Crippen molar-refractivity contribution in [2.24, 2.45) is 0 Å². The Balaban J connectivity index is 0.000000492. The third-order valence-corrected chi connectivity index (χ3v) is 3.00. The molecule has 1 aliphatic rings. The van der Waals surface area contributed by atoms with Crippen LogP contribution in [0.15, 0.2) is 6.20 Å². The molecule has 0 saturated carbocycles. The normalized spacial score (nSPS) is 14.3. The summed E-state index contributed by atoms with van der Waals surface area (Å²) in [5.41, 5.74) is 1.38. The van der Waals surface area contributed by atoms with E-state index >= 15 is 0 Å². The molecule has 0 spiro atoms. The van der Waals surface area contributed by atoms with Crippen LogP contribution in [0, 0.1) is 0 Å². The lowest BCUT2D eigenvalue weighted by molar-refractivity contribution is -0.191. The summed E-state index contributed by atoms with van der Waals surface area (Å²) in [7, 11) is 0. The van der Waals surface area contributed by atoms with E-state index in [-0.39, 0.29) is 11.7 Å². The van der Waals surface area contributed by atoms with Gasteiger partial charge < -0.3 is 9.47 Å². The average molecular weight is 251 g/mol. The molecule has 0 fully saturated rings. The van der Waals surface area contributed by atoms with Gasteiger partial charge in [-0.05, 0) is 33.6 Å². The van der Waals surface area contributed by atoms with Gasteiger partial charge in [-0.2, -0.15) is 9.59 Å². The first-order valence-corrected chi connectivity index (χ1v) is 6.27. The monoisotopic (exact) mass is 251 g/mol. The lowest BCUT2D eigenvalue weighted by Crippen LogP contribution is -2.46. The number of aryl methyl sites for hydroxylation is 2. The number of hydrogen-bond donors (Lipinski definition) is 0. The number of aromatic nitrogens is 2. The van der Waals surface area contributed by atoms with Crippen LogP contribution >= 0.6 is 0 Å². The minimum atomic E-state index is 0.175. The molecule has 0 unspecified atom stereocenters. The minimum absolute atomic E-state index is 0.175. The average Bonchev–Trinajstić information content (AvgIpc) is 2.70. The van der Waals surface area contributed by atoms with Crippen molar-refractivity contribution in [2.75, 3.05) is 11.4 Å². The van der Waals surface area contributed by atoms with Crippen molar-refractivity contribution >= 4 is 12.1 Å². The molecule has 1 aliphatic heterocycles. The molecule has 2 heterocycles. The van der Waals surface area contributed by atoms with Gasteiger partial charge in [-0.25, -0.2) is 4.98 Å². The first-order valence-electron chi connectivity index (χ1n) is 6.27. The molecule has 0 aromatic carbocycles.